The van der Waals surface area contributed by atoms with Crippen LogP contribution in [-0.2, 0) is 16.4 Å². The molecule has 38 heavy (non-hydrogen) atoms. The van der Waals surface area contributed by atoms with Crippen molar-refractivity contribution in [3.8, 4) is 12.3 Å². The largest absolute Gasteiger partial charge is 0.390 e. The minimum atomic E-state index is -3.66. The Morgan fingerprint density at radius 2 is 1.95 bits per heavy atom. The fraction of sp³-hybridized carbons (Fsp3) is 0.500. The zero-order chi connectivity index (χ0) is 27.9. The normalized spacial score (nSPS) is 18.3. The SMILES string of the molecule is C#CCNC[C@@H](O)[C@H](Cc1ccccc1)NC(=O)c1cc(NC[C@H]2C[C@@H]2C)nc(N(C)S(=O)(=O)C(C)C)c1. The van der Waals surface area contributed by atoms with E-state index in [1.807, 2.05) is 30.3 Å². The Balaban J connectivity index is 1.88. The van der Waals surface area contributed by atoms with Crippen molar-refractivity contribution in [1.29, 1.82) is 0 Å². The first-order valence-electron chi connectivity index (χ1n) is 12.9. The Hall–Kier alpha value is -3.13. The van der Waals surface area contributed by atoms with Crippen LogP contribution < -0.4 is 20.3 Å². The smallest absolute Gasteiger partial charge is 0.251 e. The van der Waals surface area contributed by atoms with Crippen LogP contribution in [0.1, 0.15) is 43.1 Å². The van der Waals surface area contributed by atoms with Crippen molar-refractivity contribution in [2.45, 2.75) is 51.0 Å². The predicted molar refractivity (Wildman–Crippen MR) is 152 cm³/mol. The minimum absolute atomic E-state index is 0.147. The molecule has 4 atom stereocenters. The Morgan fingerprint density at radius 3 is 2.55 bits per heavy atom. The van der Waals surface area contributed by atoms with E-state index in [0.717, 1.165) is 16.3 Å². The van der Waals surface area contributed by atoms with Gasteiger partial charge in [0.2, 0.25) is 10.0 Å². The molecule has 1 heterocycles. The highest BCUT2D eigenvalue weighted by molar-refractivity contribution is 7.93. The zero-order valence-corrected chi connectivity index (χ0v) is 23.3. The van der Waals surface area contributed by atoms with Crippen molar-refractivity contribution in [3.05, 3.63) is 53.6 Å². The van der Waals surface area contributed by atoms with Crippen LogP contribution in [-0.4, -0.2) is 68.5 Å². The fourth-order valence-electron chi connectivity index (χ4n) is 4.10. The number of terminal acetylenes is 1. The Labute approximate surface area is 226 Å². The van der Waals surface area contributed by atoms with Gasteiger partial charge in [-0.25, -0.2) is 13.4 Å². The average Bonchev–Trinajstić information content (AvgIpc) is 3.61. The number of benzene rings is 1. The maximum atomic E-state index is 13.5. The number of aliphatic hydroxyl groups is 1. The van der Waals surface area contributed by atoms with Gasteiger partial charge in [-0.2, -0.15) is 0 Å². The minimum Gasteiger partial charge on any atom is -0.390 e. The van der Waals surface area contributed by atoms with Gasteiger partial charge in [0.15, 0.2) is 0 Å². The number of carbonyl (C=O) groups excluding carboxylic acids is 1. The lowest BCUT2D eigenvalue weighted by molar-refractivity contribution is 0.0832. The van der Waals surface area contributed by atoms with E-state index in [4.69, 9.17) is 6.42 Å². The lowest BCUT2D eigenvalue weighted by Gasteiger charge is -2.25. The van der Waals surface area contributed by atoms with Crippen molar-refractivity contribution < 1.29 is 18.3 Å². The summed E-state index contributed by atoms with van der Waals surface area (Å²) in [7, 11) is -2.22. The number of hydrogen-bond acceptors (Lipinski definition) is 7. The van der Waals surface area contributed by atoms with Crippen molar-refractivity contribution in [3.63, 3.8) is 0 Å². The van der Waals surface area contributed by atoms with Crippen LogP contribution in [0.25, 0.3) is 0 Å². The standard InChI is InChI=1S/C28H39N5O4S/c1-6-12-29-18-25(34)24(14-21-10-8-7-9-11-21)31-28(35)22-15-26(30-17-23-13-20(23)4)32-27(16-22)33(5)38(36,37)19(2)3/h1,7-11,15-16,19-20,23-25,29,34H,12-14,17-18H2,2-5H3,(H,30,32)(H,31,35)/t20-,23+,24-,25+/m0/s1. The molecule has 10 heteroatoms. The molecule has 0 saturated heterocycles. The molecule has 1 aromatic heterocycles. The van der Waals surface area contributed by atoms with Crippen molar-refractivity contribution in [2.24, 2.45) is 11.8 Å². The molecule has 0 bridgehead atoms. The third kappa shape index (κ3) is 7.93. The van der Waals surface area contributed by atoms with E-state index < -0.39 is 33.3 Å². The van der Waals surface area contributed by atoms with E-state index >= 15 is 0 Å². The molecule has 206 valence electrons. The molecule has 1 aliphatic rings. The van der Waals surface area contributed by atoms with E-state index in [1.54, 1.807) is 19.9 Å². The summed E-state index contributed by atoms with van der Waals surface area (Å²) in [5, 5.41) is 19.4. The van der Waals surface area contributed by atoms with Crippen LogP contribution in [0, 0.1) is 24.2 Å². The molecule has 9 nitrogen and oxygen atoms in total. The van der Waals surface area contributed by atoms with E-state index in [9.17, 15) is 18.3 Å². The van der Waals surface area contributed by atoms with Gasteiger partial charge in [0, 0.05) is 25.7 Å². The van der Waals surface area contributed by atoms with Gasteiger partial charge >= 0.3 is 0 Å². The summed E-state index contributed by atoms with van der Waals surface area (Å²) >= 11 is 0. The molecule has 1 fully saturated rings. The number of nitrogens with one attached hydrogen (secondary N) is 3. The van der Waals surface area contributed by atoms with Gasteiger partial charge in [0.1, 0.15) is 11.6 Å². The quantitative estimate of drug-likeness (QED) is 0.214. The van der Waals surface area contributed by atoms with Crippen LogP contribution in [0.3, 0.4) is 0 Å². The van der Waals surface area contributed by atoms with Crippen molar-refractivity contribution >= 4 is 27.6 Å². The van der Waals surface area contributed by atoms with Crippen molar-refractivity contribution in [2.75, 3.05) is 36.3 Å². The summed E-state index contributed by atoms with van der Waals surface area (Å²) in [5.41, 5.74) is 1.20. The molecule has 1 aromatic carbocycles. The lowest BCUT2D eigenvalue weighted by atomic mass is 10.0. The molecule has 1 aliphatic carbocycles. The van der Waals surface area contributed by atoms with Gasteiger partial charge in [-0.05, 0) is 56.2 Å². The summed E-state index contributed by atoms with van der Waals surface area (Å²) in [6.45, 7) is 6.55. The number of aromatic nitrogens is 1. The summed E-state index contributed by atoms with van der Waals surface area (Å²) in [6, 6.07) is 12.0. The summed E-state index contributed by atoms with van der Waals surface area (Å²) in [6.07, 6.45) is 5.91. The van der Waals surface area contributed by atoms with Crippen LogP contribution in [0.2, 0.25) is 0 Å². The van der Waals surface area contributed by atoms with E-state index in [1.165, 1.54) is 13.1 Å². The summed E-state index contributed by atoms with van der Waals surface area (Å²) in [5.74, 6) is 3.75. The number of aliphatic hydroxyl groups excluding tert-OH is 1. The molecule has 0 radical (unpaired) electrons. The molecule has 0 aliphatic heterocycles. The number of anilines is 2. The number of sulfonamides is 1. The monoisotopic (exact) mass is 541 g/mol. The first kappa shape index (κ1) is 29.4. The molecule has 0 unspecified atom stereocenters. The molecule has 2 aromatic rings. The number of hydrogen-bond donors (Lipinski definition) is 4. The van der Waals surface area contributed by atoms with Gasteiger partial charge in [-0.1, -0.05) is 43.2 Å². The number of pyridine rings is 1. The molecule has 1 saturated carbocycles. The Morgan fingerprint density at radius 1 is 1.26 bits per heavy atom. The van der Waals surface area contributed by atoms with Gasteiger partial charge < -0.3 is 21.1 Å². The van der Waals surface area contributed by atoms with Gasteiger partial charge in [0.05, 0.1) is 23.9 Å². The van der Waals surface area contributed by atoms with Crippen LogP contribution >= 0.6 is 0 Å². The maximum absolute atomic E-state index is 13.5. The Kier molecular flexibility index (Phi) is 10.1. The number of rotatable bonds is 14. The third-order valence-electron chi connectivity index (χ3n) is 6.86. The van der Waals surface area contributed by atoms with Gasteiger partial charge in [-0.15, -0.1) is 6.42 Å². The first-order valence-corrected chi connectivity index (χ1v) is 14.4. The Bertz CT molecular complexity index is 1230. The second-order valence-corrected chi connectivity index (χ2v) is 12.7. The summed E-state index contributed by atoms with van der Waals surface area (Å²) in [4.78, 5) is 18.0. The third-order valence-corrected chi connectivity index (χ3v) is 9.00. The topological polar surface area (TPSA) is 124 Å². The van der Waals surface area contributed by atoms with E-state index in [-0.39, 0.29) is 17.9 Å². The average molecular weight is 542 g/mol. The maximum Gasteiger partial charge on any atom is 0.251 e. The van der Waals surface area contributed by atoms with E-state index in [2.05, 4.69) is 33.8 Å². The van der Waals surface area contributed by atoms with Crippen LogP contribution in [0.15, 0.2) is 42.5 Å². The molecule has 3 rings (SSSR count). The van der Waals surface area contributed by atoms with Crippen molar-refractivity contribution in [1.82, 2.24) is 15.6 Å². The zero-order valence-electron chi connectivity index (χ0n) is 22.5. The molecular weight excluding hydrogens is 502 g/mol. The highest BCUT2D eigenvalue weighted by Gasteiger charge is 2.32. The number of nitrogens with zero attached hydrogens (tertiary/aromatic N) is 2. The van der Waals surface area contributed by atoms with Crippen LogP contribution in [0.5, 0.6) is 0 Å². The second-order valence-electron chi connectivity index (χ2n) is 10.2. The second kappa shape index (κ2) is 13.1. The van der Waals surface area contributed by atoms with Gasteiger partial charge in [0.25, 0.3) is 5.91 Å². The molecular formula is C28H39N5O4S. The van der Waals surface area contributed by atoms with E-state index in [0.29, 0.717) is 37.2 Å². The first-order chi connectivity index (χ1) is 18.0. The summed E-state index contributed by atoms with van der Waals surface area (Å²) < 4.78 is 26.8. The fourth-order valence-corrected chi connectivity index (χ4v) is 5.09. The van der Waals surface area contributed by atoms with Crippen LogP contribution in [0.4, 0.5) is 11.6 Å². The highest BCUT2D eigenvalue weighted by Crippen LogP contribution is 2.37. The lowest BCUT2D eigenvalue weighted by Crippen LogP contribution is -2.48. The molecule has 1 amide bonds. The predicted octanol–water partition coefficient (Wildman–Crippen LogP) is 2.25. The molecule has 0 spiro atoms. The molecule has 4 N–H and O–H groups in total. The number of amides is 1. The number of carbonyl (C=O) groups is 1. The highest BCUT2D eigenvalue weighted by atomic mass is 32.2. The van der Waals surface area contributed by atoms with Gasteiger partial charge in [-0.3, -0.25) is 9.10 Å².